The first-order valence-electron chi connectivity index (χ1n) is 8.53. The van der Waals surface area contributed by atoms with Crippen LogP contribution in [0.1, 0.15) is 16.7 Å². The number of aromatic amines is 1. The van der Waals surface area contributed by atoms with Gasteiger partial charge >= 0.3 is 5.76 Å². The third-order valence-corrected chi connectivity index (χ3v) is 4.27. The number of rotatable bonds is 4. The molecule has 0 amide bonds. The van der Waals surface area contributed by atoms with E-state index in [1.807, 2.05) is 26.0 Å². The third kappa shape index (κ3) is 3.41. The number of nitriles is 1. The number of nitrogens with one attached hydrogen (secondary N) is 3. The summed E-state index contributed by atoms with van der Waals surface area (Å²) >= 11 is 0. The Morgan fingerprint density at radius 3 is 2.68 bits per heavy atom. The SMILES string of the molecule is Cc1ccc(Nc2ncc(C)c(Nc3ccc4oc(=O)[nH]c4c3)n2)cc1C#N. The molecule has 3 N–H and O–H groups in total. The second kappa shape index (κ2) is 6.89. The molecule has 0 saturated carbocycles. The van der Waals surface area contributed by atoms with Crippen LogP contribution >= 0.6 is 0 Å². The normalized spacial score (nSPS) is 10.6. The molecule has 28 heavy (non-hydrogen) atoms. The molecule has 4 aromatic rings. The highest BCUT2D eigenvalue weighted by molar-refractivity contribution is 5.78. The molecule has 138 valence electrons. The summed E-state index contributed by atoms with van der Waals surface area (Å²) in [5.74, 6) is 0.528. The number of benzene rings is 2. The van der Waals surface area contributed by atoms with Gasteiger partial charge in [-0.2, -0.15) is 10.2 Å². The zero-order chi connectivity index (χ0) is 19.7. The van der Waals surface area contributed by atoms with Crippen molar-refractivity contribution in [3.63, 3.8) is 0 Å². The van der Waals surface area contributed by atoms with E-state index in [0.717, 1.165) is 22.5 Å². The lowest BCUT2D eigenvalue weighted by Gasteiger charge is -2.11. The number of oxazole rings is 1. The van der Waals surface area contributed by atoms with Gasteiger partial charge in [-0.05, 0) is 49.7 Å². The largest absolute Gasteiger partial charge is 0.417 e. The van der Waals surface area contributed by atoms with Crippen LogP contribution in [-0.2, 0) is 0 Å². The van der Waals surface area contributed by atoms with Crippen LogP contribution < -0.4 is 16.4 Å². The summed E-state index contributed by atoms with van der Waals surface area (Å²) < 4.78 is 5.01. The van der Waals surface area contributed by atoms with Gasteiger partial charge in [0.2, 0.25) is 5.95 Å². The van der Waals surface area contributed by atoms with E-state index >= 15 is 0 Å². The van der Waals surface area contributed by atoms with Gasteiger partial charge in [-0.3, -0.25) is 4.98 Å². The van der Waals surface area contributed by atoms with Crippen LogP contribution in [0.3, 0.4) is 0 Å². The van der Waals surface area contributed by atoms with Gasteiger partial charge in [0.05, 0.1) is 17.1 Å². The molecule has 2 heterocycles. The van der Waals surface area contributed by atoms with Crippen molar-refractivity contribution in [2.75, 3.05) is 10.6 Å². The molecule has 0 aliphatic rings. The first-order valence-corrected chi connectivity index (χ1v) is 8.53. The van der Waals surface area contributed by atoms with Crippen molar-refractivity contribution in [2.45, 2.75) is 13.8 Å². The Hall–Kier alpha value is -4.12. The second-order valence-electron chi connectivity index (χ2n) is 6.34. The predicted molar refractivity (Wildman–Crippen MR) is 106 cm³/mol. The highest BCUT2D eigenvalue weighted by Gasteiger charge is 2.08. The van der Waals surface area contributed by atoms with E-state index in [0.29, 0.717) is 28.4 Å². The fourth-order valence-electron chi connectivity index (χ4n) is 2.74. The average molecular weight is 372 g/mol. The van der Waals surface area contributed by atoms with E-state index in [2.05, 4.69) is 31.7 Å². The van der Waals surface area contributed by atoms with Crippen molar-refractivity contribution in [1.29, 1.82) is 5.26 Å². The van der Waals surface area contributed by atoms with E-state index in [4.69, 9.17) is 4.42 Å². The number of aromatic nitrogens is 3. The standard InChI is InChI=1S/C20H16N6O2/c1-11-3-4-14(7-13(11)9-21)24-19-22-10-12(2)18(26-19)23-15-5-6-17-16(8-15)25-20(27)28-17/h3-8,10H,1-2H3,(H,25,27)(H2,22,23,24,26). The lowest BCUT2D eigenvalue weighted by Crippen LogP contribution is -2.03. The predicted octanol–water partition coefficient (Wildman–Crippen LogP) is 3.89. The Morgan fingerprint density at radius 1 is 1.07 bits per heavy atom. The van der Waals surface area contributed by atoms with E-state index in [1.165, 1.54) is 0 Å². The highest BCUT2D eigenvalue weighted by Crippen LogP contribution is 2.24. The second-order valence-corrected chi connectivity index (χ2v) is 6.34. The fourth-order valence-corrected chi connectivity index (χ4v) is 2.74. The van der Waals surface area contributed by atoms with E-state index < -0.39 is 5.76 Å². The molecule has 2 aromatic carbocycles. The molecule has 0 bridgehead atoms. The van der Waals surface area contributed by atoms with Crippen molar-refractivity contribution in [3.8, 4) is 6.07 Å². The van der Waals surface area contributed by atoms with Crippen LogP contribution in [0.25, 0.3) is 11.1 Å². The topological polar surface area (TPSA) is 120 Å². The molecule has 0 fully saturated rings. The Morgan fingerprint density at radius 2 is 1.86 bits per heavy atom. The van der Waals surface area contributed by atoms with Gasteiger partial charge in [-0.25, -0.2) is 9.78 Å². The van der Waals surface area contributed by atoms with Gasteiger partial charge in [0.15, 0.2) is 5.58 Å². The number of anilines is 4. The number of hydrogen-bond acceptors (Lipinski definition) is 7. The van der Waals surface area contributed by atoms with Gasteiger partial charge in [-0.1, -0.05) is 6.07 Å². The summed E-state index contributed by atoms with van der Waals surface area (Å²) in [6.07, 6.45) is 1.70. The molecule has 2 aromatic heterocycles. The Balaban J connectivity index is 1.61. The first kappa shape index (κ1) is 17.3. The summed E-state index contributed by atoms with van der Waals surface area (Å²) in [6, 6.07) is 12.9. The number of H-pyrrole nitrogens is 1. The highest BCUT2D eigenvalue weighted by atomic mass is 16.4. The molecular weight excluding hydrogens is 356 g/mol. The molecule has 8 heteroatoms. The fraction of sp³-hybridized carbons (Fsp3) is 0.100. The Kier molecular flexibility index (Phi) is 4.26. The zero-order valence-electron chi connectivity index (χ0n) is 15.2. The van der Waals surface area contributed by atoms with E-state index in [1.54, 1.807) is 30.5 Å². The Labute approximate surface area is 159 Å². The summed E-state index contributed by atoms with van der Waals surface area (Å²) in [5.41, 5.74) is 4.93. The summed E-state index contributed by atoms with van der Waals surface area (Å²) in [4.78, 5) is 22.7. The molecule has 4 rings (SSSR count). The maximum Gasteiger partial charge on any atom is 0.417 e. The molecule has 0 saturated heterocycles. The smallest absolute Gasteiger partial charge is 0.408 e. The number of nitrogens with zero attached hydrogens (tertiary/aromatic N) is 3. The lowest BCUT2D eigenvalue weighted by atomic mass is 10.1. The number of hydrogen-bond donors (Lipinski definition) is 3. The average Bonchev–Trinajstić information content (AvgIpc) is 3.05. The monoisotopic (exact) mass is 372 g/mol. The van der Waals surface area contributed by atoms with Crippen LogP contribution in [0, 0.1) is 25.2 Å². The van der Waals surface area contributed by atoms with Crippen molar-refractivity contribution in [2.24, 2.45) is 0 Å². The Bertz CT molecular complexity index is 1280. The minimum Gasteiger partial charge on any atom is -0.408 e. The van der Waals surface area contributed by atoms with Crippen LogP contribution in [0.4, 0.5) is 23.1 Å². The first-order chi connectivity index (χ1) is 13.5. The van der Waals surface area contributed by atoms with E-state index in [-0.39, 0.29) is 0 Å². The van der Waals surface area contributed by atoms with Gasteiger partial charge in [0.25, 0.3) is 0 Å². The molecule has 0 aliphatic carbocycles. The third-order valence-electron chi connectivity index (χ3n) is 4.27. The molecule has 0 unspecified atom stereocenters. The van der Waals surface area contributed by atoms with Crippen molar-refractivity contribution >= 4 is 34.2 Å². The summed E-state index contributed by atoms with van der Waals surface area (Å²) in [6.45, 7) is 3.78. The summed E-state index contributed by atoms with van der Waals surface area (Å²) in [7, 11) is 0. The van der Waals surface area contributed by atoms with Crippen LogP contribution in [0.15, 0.2) is 51.8 Å². The van der Waals surface area contributed by atoms with Gasteiger partial charge in [0.1, 0.15) is 5.82 Å². The minimum absolute atomic E-state index is 0.402. The minimum atomic E-state index is -0.494. The summed E-state index contributed by atoms with van der Waals surface area (Å²) in [5, 5.41) is 15.5. The zero-order valence-corrected chi connectivity index (χ0v) is 15.2. The maximum atomic E-state index is 11.3. The molecule has 8 nitrogen and oxygen atoms in total. The van der Waals surface area contributed by atoms with Crippen molar-refractivity contribution in [3.05, 3.63) is 69.8 Å². The van der Waals surface area contributed by atoms with Crippen LogP contribution in [0.2, 0.25) is 0 Å². The molecule has 0 aliphatic heterocycles. The molecule has 0 atom stereocenters. The van der Waals surface area contributed by atoms with Crippen molar-refractivity contribution in [1.82, 2.24) is 15.0 Å². The quantitative estimate of drug-likeness (QED) is 0.497. The van der Waals surface area contributed by atoms with Gasteiger partial charge in [0, 0.05) is 23.1 Å². The van der Waals surface area contributed by atoms with Gasteiger partial charge < -0.3 is 15.1 Å². The van der Waals surface area contributed by atoms with Crippen molar-refractivity contribution < 1.29 is 4.42 Å². The van der Waals surface area contributed by atoms with E-state index in [9.17, 15) is 10.1 Å². The van der Waals surface area contributed by atoms with Crippen LogP contribution in [0.5, 0.6) is 0 Å². The van der Waals surface area contributed by atoms with Crippen LogP contribution in [-0.4, -0.2) is 15.0 Å². The lowest BCUT2D eigenvalue weighted by molar-refractivity contribution is 0.555. The molecule has 0 radical (unpaired) electrons. The number of aryl methyl sites for hydroxylation is 2. The van der Waals surface area contributed by atoms with Gasteiger partial charge in [-0.15, -0.1) is 0 Å². The number of fused-ring (bicyclic) bond motifs is 1. The maximum absolute atomic E-state index is 11.3. The molecular formula is C20H16N6O2. The molecule has 0 spiro atoms.